The van der Waals surface area contributed by atoms with Crippen LogP contribution in [0.1, 0.15) is 137 Å². The normalized spacial score (nSPS) is 14.2. The summed E-state index contributed by atoms with van der Waals surface area (Å²) >= 11 is 0. The molecule has 0 saturated carbocycles. The Kier molecular flexibility index (Phi) is 35.5. The van der Waals surface area contributed by atoms with Gasteiger partial charge in [-0.2, -0.15) is 79.0 Å². The number of nitrogens with zero attached hydrogens (tertiary/aromatic N) is 3. The number of hydrogen-bond acceptors (Lipinski definition) is 12. The first-order valence-corrected chi connectivity index (χ1v) is 41.4. The lowest BCUT2D eigenvalue weighted by molar-refractivity contribution is -0.0456. The molecule has 0 atom stereocenters. The molecular weight excluding hydrogens is 1370 g/mol. The summed E-state index contributed by atoms with van der Waals surface area (Å²) in [7, 11) is -43.1. The molecule has 0 radical (unpaired) electrons. The molecule has 0 aromatic heterocycles. The van der Waals surface area contributed by atoms with E-state index < -0.39 is 115 Å². The number of sulfonamides is 6. The fraction of sp³-hybridized carbons (Fsp3) is 0.857. The lowest BCUT2D eigenvalue weighted by Crippen LogP contribution is -2.30. The van der Waals surface area contributed by atoms with Gasteiger partial charge in [-0.3, -0.25) is 0 Å². The third-order valence-corrected chi connectivity index (χ3v) is 35.2. The van der Waals surface area contributed by atoms with Crippen molar-refractivity contribution in [1.29, 1.82) is 0 Å². The smallest absolute Gasteiger partial charge is 0.421 e. The van der Waals surface area contributed by atoms with E-state index in [9.17, 15) is 130 Å². The highest BCUT2D eigenvalue weighted by atomic mass is 32.3. The van der Waals surface area contributed by atoms with Crippen LogP contribution in [0, 0.1) is 0 Å². The Bertz CT molecular complexity index is 2360. The van der Waals surface area contributed by atoms with Crippen molar-refractivity contribution in [2.24, 2.45) is 0 Å². The highest BCUT2D eigenvalue weighted by Crippen LogP contribution is 2.66. The van der Waals surface area contributed by atoms with Gasteiger partial charge < -0.3 is 12.4 Å². The van der Waals surface area contributed by atoms with Crippen LogP contribution in [0.2, 0.25) is 0 Å². The van der Waals surface area contributed by atoms with Gasteiger partial charge in [0.15, 0.2) is 60.1 Å². The first-order chi connectivity index (χ1) is 37.4. The molecule has 1 aromatic carbocycles. The molecule has 1 aromatic rings. The molecule has 0 aliphatic carbocycles. The van der Waals surface area contributed by atoms with Gasteiger partial charge >= 0.3 is 33.0 Å². The minimum Gasteiger partial charge on any atom is -0.421 e. The summed E-state index contributed by atoms with van der Waals surface area (Å²) in [5.41, 5.74) is -32.0. The van der Waals surface area contributed by atoms with Crippen molar-refractivity contribution in [1.82, 2.24) is 0 Å². The highest BCUT2D eigenvalue weighted by Gasteiger charge is 2.50. The number of rotatable bonds is 30. The average molecular weight is 1440 g/mol. The second kappa shape index (κ2) is 34.3. The van der Waals surface area contributed by atoms with Gasteiger partial charge in [-0.1, -0.05) is 62.3 Å². The number of benzene rings is 1. The minimum atomic E-state index is -6.72. The monoisotopic (exact) mass is 1440 g/mol. The minimum absolute atomic E-state index is 0.778. The van der Waals surface area contributed by atoms with Crippen molar-refractivity contribution in [2.45, 2.75) is 172 Å². The maximum atomic E-state index is 11.4. The Morgan fingerprint density at radius 3 is 0.452 bits per heavy atom. The van der Waals surface area contributed by atoms with Crippen LogP contribution in [0.15, 0.2) is 18.2 Å². The fourth-order valence-corrected chi connectivity index (χ4v) is 28.9. The maximum absolute atomic E-state index is 11.4. The molecule has 0 aliphatic rings. The van der Waals surface area contributed by atoms with Crippen LogP contribution in [0.4, 0.5) is 79.0 Å². The molecule has 84 heavy (non-hydrogen) atoms. The van der Waals surface area contributed by atoms with Crippen LogP contribution in [0.3, 0.4) is 0 Å². The van der Waals surface area contributed by atoms with E-state index in [0.717, 1.165) is 12.4 Å². The number of halogens is 18. The van der Waals surface area contributed by atoms with Crippen LogP contribution >= 0.6 is 21.8 Å². The predicted octanol–water partition coefficient (Wildman–Crippen LogP) is 16.1. The van der Waals surface area contributed by atoms with E-state index in [4.69, 9.17) is 0 Å². The van der Waals surface area contributed by atoms with Gasteiger partial charge in [0.2, 0.25) is 0 Å². The summed E-state index contributed by atoms with van der Waals surface area (Å²) in [4.78, 5) is 0. The SMILES string of the molecule is CCC[P+](CCC)(CCC)Cc1cc(C[P+](CCC)(CCC)CCC)cc(C[P+](CCC)(CCC)CCC)c1.O=S(=O)([N-]S(=O)(=O)C(F)(F)F)C(F)(F)F.O=S(=O)([N-]S(=O)(=O)C(F)(F)F)C(F)(F)F.O=S(=O)([N-]S(=O)(=O)C(F)(F)F)C(F)(F)F. The standard InChI is InChI=1S/C36H72P3.3C2F6NO4S2/c1-10-19-37(20-11-2,21-12-3)31-34-28-35(32-38(22-13-4,23-14-5)24-15-6)30-36(29-34)33-39(25-16-7,26-17-8)27-18-9;3*3-1(4,5)14(10,11)9-15(12,13)2(6,7)8/h28-30H,10-27,31-33H2,1-9H3;;;/q+3;3*-1. The number of alkyl halides is 18. The molecule has 0 fully saturated rings. The third kappa shape index (κ3) is 28.8. The zero-order chi connectivity index (χ0) is 67.3. The molecule has 15 nitrogen and oxygen atoms in total. The molecule has 0 N–H and O–H groups in total. The van der Waals surface area contributed by atoms with Crippen LogP contribution in [0.25, 0.3) is 12.4 Å². The Labute approximate surface area is 483 Å². The van der Waals surface area contributed by atoms with Gasteiger partial charge in [0.05, 0.1) is 73.9 Å². The second-order valence-corrected chi connectivity index (χ2v) is 42.2. The molecule has 42 heteroatoms. The van der Waals surface area contributed by atoms with Crippen LogP contribution < -0.4 is 0 Å². The Morgan fingerprint density at radius 2 is 0.369 bits per heavy atom. The molecule has 0 heterocycles. The van der Waals surface area contributed by atoms with Crippen LogP contribution in [-0.4, -0.2) is 139 Å². The van der Waals surface area contributed by atoms with Gasteiger partial charge in [-0.05, 0) is 92.7 Å². The van der Waals surface area contributed by atoms with Crippen molar-refractivity contribution < 1.29 is 130 Å². The van der Waals surface area contributed by atoms with E-state index in [1.54, 1.807) is 16.7 Å². The molecular formula is C42H72F18N3O12P3S6. The van der Waals surface area contributed by atoms with Gasteiger partial charge in [-0.15, -0.1) is 0 Å². The largest absolute Gasteiger partial charge is 0.480 e. The van der Waals surface area contributed by atoms with E-state index in [1.807, 2.05) is 0 Å². The van der Waals surface area contributed by atoms with Crippen molar-refractivity contribution in [3.63, 3.8) is 0 Å². The zero-order valence-corrected chi connectivity index (χ0v) is 54.5. The van der Waals surface area contributed by atoms with E-state index in [2.05, 4.69) is 80.5 Å². The zero-order valence-electron chi connectivity index (χ0n) is 46.9. The summed E-state index contributed by atoms with van der Waals surface area (Å²) < 4.78 is 328. The highest BCUT2D eigenvalue weighted by molar-refractivity contribution is 8.14. The molecule has 0 bridgehead atoms. The molecule has 0 aliphatic heterocycles. The Morgan fingerprint density at radius 1 is 0.262 bits per heavy atom. The fourth-order valence-electron chi connectivity index (χ4n) is 8.90. The summed E-state index contributed by atoms with van der Waals surface area (Å²) in [6.45, 7) is 22.0. The van der Waals surface area contributed by atoms with E-state index >= 15 is 0 Å². The van der Waals surface area contributed by atoms with Crippen molar-refractivity contribution >= 4 is 81.9 Å². The van der Waals surface area contributed by atoms with Crippen LogP contribution in [0.5, 0.6) is 0 Å². The topological polar surface area (TPSA) is 247 Å². The molecule has 0 unspecified atom stereocenters. The summed E-state index contributed by atoms with van der Waals surface area (Å²) in [5.74, 6) is 0. The van der Waals surface area contributed by atoms with Crippen molar-refractivity contribution in [2.75, 3.05) is 55.5 Å². The van der Waals surface area contributed by atoms with Gasteiger partial charge in [0.25, 0.3) is 0 Å². The van der Waals surface area contributed by atoms with Gasteiger partial charge in [0, 0.05) is 21.8 Å². The Hall–Kier alpha value is -1.17. The third-order valence-electron chi connectivity index (χ3n) is 11.3. The number of hydrogen-bond donors (Lipinski definition) is 0. The van der Waals surface area contributed by atoms with Crippen molar-refractivity contribution in [3.05, 3.63) is 47.3 Å². The first-order valence-electron chi connectivity index (χ1n) is 25.2. The molecule has 504 valence electrons. The lowest BCUT2D eigenvalue weighted by atomic mass is 10.1. The molecule has 1 rings (SSSR count). The van der Waals surface area contributed by atoms with Crippen LogP contribution in [-0.2, 0) is 78.6 Å². The van der Waals surface area contributed by atoms with Gasteiger partial charge in [-0.25, -0.2) is 50.5 Å². The van der Waals surface area contributed by atoms with Gasteiger partial charge in [0.1, 0.15) is 0 Å². The Balaban J connectivity index is -0.00000120. The summed E-state index contributed by atoms with van der Waals surface area (Å²) in [6, 6.07) is 8.28. The summed E-state index contributed by atoms with van der Waals surface area (Å²) in [6.07, 6.45) is 30.2. The second-order valence-electron chi connectivity index (χ2n) is 18.9. The van der Waals surface area contributed by atoms with E-state index in [1.165, 1.54) is 132 Å². The molecule has 0 amide bonds. The molecule has 0 spiro atoms. The predicted molar refractivity (Wildman–Crippen MR) is 295 cm³/mol. The maximum Gasteiger partial charge on any atom is 0.480 e. The molecule has 0 saturated heterocycles. The quantitative estimate of drug-likeness (QED) is 0.0515. The summed E-state index contributed by atoms with van der Waals surface area (Å²) in [5, 5.41) is 0. The van der Waals surface area contributed by atoms with Crippen molar-refractivity contribution in [3.8, 4) is 0 Å². The first kappa shape index (κ1) is 87.0. The van der Waals surface area contributed by atoms with E-state index in [-0.39, 0.29) is 0 Å². The van der Waals surface area contributed by atoms with E-state index in [0.29, 0.717) is 0 Å². The average Bonchev–Trinajstić information content (AvgIpc) is 3.24. The lowest BCUT2D eigenvalue weighted by Gasteiger charge is -2.30.